The fourth-order valence-corrected chi connectivity index (χ4v) is 2.84. The Morgan fingerprint density at radius 2 is 1.79 bits per heavy atom. The van der Waals surface area contributed by atoms with Crippen molar-refractivity contribution in [2.45, 2.75) is 91.3 Å². The van der Waals surface area contributed by atoms with Crippen molar-refractivity contribution < 1.29 is 0 Å². The van der Waals surface area contributed by atoms with Crippen LogP contribution in [0.4, 0.5) is 0 Å². The molecule has 1 rings (SSSR count). The summed E-state index contributed by atoms with van der Waals surface area (Å²) in [6.45, 7) is 15.1. The van der Waals surface area contributed by atoms with Gasteiger partial charge in [0, 0.05) is 24.2 Å². The summed E-state index contributed by atoms with van der Waals surface area (Å²) in [6, 6.07) is 1.41. The second kappa shape index (κ2) is 6.58. The molecule has 1 atom stereocenters. The Morgan fingerprint density at radius 3 is 2.26 bits per heavy atom. The lowest BCUT2D eigenvalue weighted by Gasteiger charge is -2.41. The number of nitrogens with one attached hydrogen (secondary N) is 1. The smallest absolute Gasteiger partial charge is 0.0192 e. The Kier molecular flexibility index (Phi) is 5.88. The monoisotopic (exact) mass is 268 g/mol. The fourth-order valence-electron chi connectivity index (χ4n) is 2.84. The molecular weight excluding hydrogens is 232 g/mol. The lowest BCUT2D eigenvalue weighted by Crippen LogP contribution is -2.50. The van der Waals surface area contributed by atoms with Crippen LogP contribution in [0.1, 0.15) is 73.6 Å². The predicted octanol–water partition coefficient (Wildman–Crippen LogP) is 4.05. The van der Waals surface area contributed by atoms with Crippen molar-refractivity contribution in [2.24, 2.45) is 5.41 Å². The molecule has 0 radical (unpaired) electrons. The van der Waals surface area contributed by atoms with E-state index < -0.39 is 0 Å². The van der Waals surface area contributed by atoms with Gasteiger partial charge in [-0.05, 0) is 65.3 Å². The average molecular weight is 268 g/mol. The zero-order valence-corrected chi connectivity index (χ0v) is 14.3. The van der Waals surface area contributed by atoms with E-state index >= 15 is 0 Å². The largest absolute Gasteiger partial charge is 0.310 e. The summed E-state index contributed by atoms with van der Waals surface area (Å²) in [7, 11) is 2.31. The first kappa shape index (κ1) is 17.0. The van der Waals surface area contributed by atoms with Crippen LogP contribution in [-0.4, -0.2) is 36.1 Å². The van der Waals surface area contributed by atoms with E-state index in [0.717, 1.165) is 12.6 Å². The van der Waals surface area contributed by atoms with Gasteiger partial charge in [0.25, 0.3) is 0 Å². The first-order valence-corrected chi connectivity index (χ1v) is 8.14. The summed E-state index contributed by atoms with van der Waals surface area (Å²) in [5.74, 6) is 0. The molecule has 1 saturated carbocycles. The Balaban J connectivity index is 2.39. The third-order valence-corrected chi connectivity index (χ3v) is 5.34. The van der Waals surface area contributed by atoms with E-state index in [2.05, 4.69) is 58.8 Å². The van der Waals surface area contributed by atoms with Crippen molar-refractivity contribution in [3.63, 3.8) is 0 Å². The van der Waals surface area contributed by atoms with Crippen LogP contribution >= 0.6 is 0 Å². The van der Waals surface area contributed by atoms with Crippen molar-refractivity contribution in [2.75, 3.05) is 13.6 Å². The van der Waals surface area contributed by atoms with Crippen molar-refractivity contribution in [3.05, 3.63) is 0 Å². The number of nitrogens with zero attached hydrogens (tertiary/aromatic N) is 1. The van der Waals surface area contributed by atoms with E-state index in [1.807, 2.05) is 0 Å². The highest BCUT2D eigenvalue weighted by Gasteiger charge is 2.30. The number of hydrogen-bond donors (Lipinski definition) is 1. The van der Waals surface area contributed by atoms with Crippen LogP contribution in [0.15, 0.2) is 0 Å². The molecule has 1 aliphatic rings. The summed E-state index contributed by atoms with van der Waals surface area (Å²) in [4.78, 5) is 2.61. The molecule has 19 heavy (non-hydrogen) atoms. The van der Waals surface area contributed by atoms with Crippen LogP contribution in [0, 0.1) is 5.41 Å². The third-order valence-electron chi connectivity index (χ3n) is 5.34. The van der Waals surface area contributed by atoms with Gasteiger partial charge in [0.15, 0.2) is 0 Å². The quantitative estimate of drug-likeness (QED) is 0.781. The first-order chi connectivity index (χ1) is 8.67. The van der Waals surface area contributed by atoms with Crippen LogP contribution in [-0.2, 0) is 0 Å². The second-order valence-corrected chi connectivity index (χ2v) is 8.03. The molecule has 0 saturated heterocycles. The molecule has 0 bridgehead atoms. The minimum Gasteiger partial charge on any atom is -0.310 e. The van der Waals surface area contributed by atoms with Gasteiger partial charge in [-0.3, -0.25) is 4.90 Å². The fraction of sp³-hybridized carbons (Fsp3) is 1.00. The molecule has 1 fully saturated rings. The van der Waals surface area contributed by atoms with Crippen molar-refractivity contribution in [1.82, 2.24) is 10.2 Å². The lowest BCUT2D eigenvalue weighted by molar-refractivity contribution is 0.0964. The molecule has 1 N–H and O–H groups in total. The zero-order valence-electron chi connectivity index (χ0n) is 14.3. The predicted molar refractivity (Wildman–Crippen MR) is 85.6 cm³/mol. The van der Waals surface area contributed by atoms with Gasteiger partial charge >= 0.3 is 0 Å². The third kappa shape index (κ3) is 5.43. The first-order valence-electron chi connectivity index (χ1n) is 8.14. The van der Waals surface area contributed by atoms with E-state index in [9.17, 15) is 0 Å². The van der Waals surface area contributed by atoms with E-state index in [1.165, 1.54) is 32.1 Å². The van der Waals surface area contributed by atoms with E-state index in [-0.39, 0.29) is 5.54 Å². The number of likely N-dealkylation sites (N-methyl/N-ethyl adjacent to an activating group) is 1. The summed E-state index contributed by atoms with van der Waals surface area (Å²) in [6.07, 6.45) is 6.67. The summed E-state index contributed by atoms with van der Waals surface area (Å²) in [5.41, 5.74) is 0.840. The molecule has 2 heteroatoms. The molecule has 114 valence electrons. The molecule has 0 aromatic heterocycles. The standard InChI is InChI=1S/C17H36N2/c1-8-17(5,6)18-13-14(2)19(7)15-9-11-16(3,4)12-10-15/h14-15,18H,8-13H2,1-7H3. The molecule has 1 unspecified atom stereocenters. The highest BCUT2D eigenvalue weighted by Crippen LogP contribution is 2.36. The Morgan fingerprint density at radius 1 is 1.26 bits per heavy atom. The van der Waals surface area contributed by atoms with Gasteiger partial charge in [-0.1, -0.05) is 20.8 Å². The maximum Gasteiger partial charge on any atom is 0.0192 e. The molecule has 0 aromatic carbocycles. The lowest BCUT2D eigenvalue weighted by atomic mass is 9.75. The molecular formula is C17H36N2. The van der Waals surface area contributed by atoms with Gasteiger partial charge in [-0.25, -0.2) is 0 Å². The van der Waals surface area contributed by atoms with Gasteiger partial charge in [-0.15, -0.1) is 0 Å². The van der Waals surface area contributed by atoms with Crippen LogP contribution < -0.4 is 5.32 Å². The molecule has 1 aliphatic carbocycles. The van der Waals surface area contributed by atoms with Crippen LogP contribution in [0.25, 0.3) is 0 Å². The van der Waals surface area contributed by atoms with Crippen molar-refractivity contribution >= 4 is 0 Å². The molecule has 0 aliphatic heterocycles. The van der Waals surface area contributed by atoms with E-state index in [4.69, 9.17) is 0 Å². The Hall–Kier alpha value is -0.0800. The maximum absolute atomic E-state index is 3.70. The SMILES string of the molecule is CCC(C)(C)NCC(C)N(C)C1CCC(C)(C)CC1. The number of hydrogen-bond acceptors (Lipinski definition) is 2. The highest BCUT2D eigenvalue weighted by atomic mass is 15.2. The van der Waals surface area contributed by atoms with Crippen LogP contribution in [0.5, 0.6) is 0 Å². The van der Waals surface area contributed by atoms with Gasteiger partial charge in [0.1, 0.15) is 0 Å². The average Bonchev–Trinajstić information content (AvgIpc) is 2.35. The second-order valence-electron chi connectivity index (χ2n) is 8.03. The molecule has 0 spiro atoms. The minimum atomic E-state index is 0.268. The summed E-state index contributed by atoms with van der Waals surface area (Å²) in [5, 5.41) is 3.70. The number of rotatable bonds is 6. The normalized spacial score (nSPS) is 22.7. The van der Waals surface area contributed by atoms with Gasteiger partial charge in [0.05, 0.1) is 0 Å². The maximum atomic E-state index is 3.70. The highest BCUT2D eigenvalue weighted by molar-refractivity contribution is 4.86. The van der Waals surface area contributed by atoms with E-state index in [0.29, 0.717) is 11.5 Å². The minimum absolute atomic E-state index is 0.268. The molecule has 0 heterocycles. The van der Waals surface area contributed by atoms with Gasteiger partial charge in [0.2, 0.25) is 0 Å². The molecule has 2 nitrogen and oxygen atoms in total. The summed E-state index contributed by atoms with van der Waals surface area (Å²) >= 11 is 0. The topological polar surface area (TPSA) is 15.3 Å². The Labute approximate surface area is 121 Å². The van der Waals surface area contributed by atoms with E-state index in [1.54, 1.807) is 0 Å². The molecule has 0 aromatic rings. The van der Waals surface area contributed by atoms with Crippen LogP contribution in [0.3, 0.4) is 0 Å². The summed E-state index contributed by atoms with van der Waals surface area (Å²) < 4.78 is 0. The van der Waals surface area contributed by atoms with Crippen LogP contribution in [0.2, 0.25) is 0 Å². The Bertz CT molecular complexity index is 260. The zero-order chi connectivity index (χ0) is 14.7. The molecule has 0 amide bonds. The van der Waals surface area contributed by atoms with Gasteiger partial charge in [-0.2, -0.15) is 0 Å². The van der Waals surface area contributed by atoms with Crippen molar-refractivity contribution in [3.8, 4) is 0 Å². The van der Waals surface area contributed by atoms with Gasteiger partial charge < -0.3 is 5.32 Å². The van der Waals surface area contributed by atoms with Crippen molar-refractivity contribution in [1.29, 1.82) is 0 Å².